The minimum Gasteiger partial charge on any atom is -0.379 e. The number of hydrogen-bond acceptors (Lipinski definition) is 1. The zero-order valence-corrected chi connectivity index (χ0v) is 29.3. The van der Waals surface area contributed by atoms with Gasteiger partial charge in [0.2, 0.25) is 0 Å². The van der Waals surface area contributed by atoms with Crippen molar-refractivity contribution in [2.24, 2.45) is 0 Å². The molecule has 8 aromatic carbocycles. The Morgan fingerprint density at radius 3 is 0.849 bits per heavy atom. The summed E-state index contributed by atoms with van der Waals surface area (Å²) < 4.78 is 0. The van der Waals surface area contributed by atoms with Gasteiger partial charge in [-0.15, -0.1) is 0 Å². The Balaban J connectivity index is 1.34. The van der Waals surface area contributed by atoms with E-state index in [1.54, 1.807) is 0 Å². The van der Waals surface area contributed by atoms with Gasteiger partial charge in [0.1, 0.15) is 5.60 Å². The Bertz CT molecular complexity index is 2390. The van der Waals surface area contributed by atoms with Crippen molar-refractivity contribution in [2.45, 2.75) is 22.3 Å². The van der Waals surface area contributed by atoms with Gasteiger partial charge in [-0.1, -0.05) is 218 Å². The molecule has 0 spiro atoms. The van der Waals surface area contributed by atoms with Crippen molar-refractivity contribution in [3.63, 3.8) is 0 Å². The maximum Gasteiger partial charge on any atom is 0.126 e. The smallest absolute Gasteiger partial charge is 0.126 e. The molecule has 0 aromatic heterocycles. The molecule has 0 saturated carbocycles. The van der Waals surface area contributed by atoms with Crippen molar-refractivity contribution in [3.05, 3.63) is 285 Å². The third-order valence-corrected chi connectivity index (χ3v) is 12.1. The molecule has 0 radical (unpaired) electrons. The standard InChI is InChI=1S/C52H38O/c53-52(47-35-19-17-33-45(47)51(39-25-9-3-10-26-39,40-27-11-4-12-28-40)46-34-18-20-36-48(46)52)49-41-29-13-15-31-43(41)50(37-21-5-1-6-22-37,38-23-7-2-8-24-38)44-32-16-14-30-42(44)49/h1-36,49,53H. The number of aliphatic hydroxyl groups is 1. The first-order valence-corrected chi connectivity index (χ1v) is 18.5. The summed E-state index contributed by atoms with van der Waals surface area (Å²) in [5.74, 6) is -0.415. The van der Waals surface area contributed by atoms with Crippen LogP contribution in [-0.4, -0.2) is 5.11 Å². The fourth-order valence-corrected chi connectivity index (χ4v) is 10.2. The van der Waals surface area contributed by atoms with Crippen LogP contribution in [0.25, 0.3) is 0 Å². The van der Waals surface area contributed by atoms with Crippen molar-refractivity contribution < 1.29 is 5.11 Å². The maximum absolute atomic E-state index is 14.3. The molecular formula is C52H38O. The molecule has 10 rings (SSSR count). The molecule has 252 valence electrons. The van der Waals surface area contributed by atoms with Crippen LogP contribution in [0.2, 0.25) is 0 Å². The maximum atomic E-state index is 14.3. The van der Waals surface area contributed by atoms with Crippen LogP contribution >= 0.6 is 0 Å². The summed E-state index contributed by atoms with van der Waals surface area (Å²) in [7, 11) is 0. The van der Waals surface area contributed by atoms with Gasteiger partial charge in [0.25, 0.3) is 0 Å². The van der Waals surface area contributed by atoms with E-state index in [9.17, 15) is 5.11 Å². The van der Waals surface area contributed by atoms with Crippen LogP contribution in [0.1, 0.15) is 72.7 Å². The normalized spacial score (nSPS) is 16.0. The van der Waals surface area contributed by atoms with Crippen LogP contribution < -0.4 is 0 Å². The largest absolute Gasteiger partial charge is 0.379 e. The van der Waals surface area contributed by atoms with Crippen LogP contribution in [0.3, 0.4) is 0 Å². The van der Waals surface area contributed by atoms with E-state index in [0.717, 1.165) is 33.4 Å². The van der Waals surface area contributed by atoms with Crippen molar-refractivity contribution in [1.29, 1.82) is 0 Å². The highest BCUT2D eigenvalue weighted by Gasteiger charge is 2.58. The molecule has 0 saturated heterocycles. The zero-order chi connectivity index (χ0) is 35.5. The molecule has 53 heavy (non-hydrogen) atoms. The molecular weight excluding hydrogens is 641 g/mol. The molecule has 2 aliphatic carbocycles. The molecule has 1 heteroatoms. The Hall–Kier alpha value is -6.28. The second-order valence-corrected chi connectivity index (χ2v) is 14.4. The van der Waals surface area contributed by atoms with Gasteiger partial charge in [0.15, 0.2) is 0 Å². The van der Waals surface area contributed by atoms with E-state index in [2.05, 4.69) is 218 Å². The predicted octanol–water partition coefficient (Wildman–Crippen LogP) is 11.1. The second kappa shape index (κ2) is 12.2. The molecule has 0 unspecified atom stereocenters. The fourth-order valence-electron chi connectivity index (χ4n) is 10.2. The summed E-state index contributed by atoms with van der Waals surface area (Å²) in [4.78, 5) is 0. The first-order chi connectivity index (χ1) is 26.2. The third kappa shape index (κ3) is 4.23. The SMILES string of the molecule is OC1(C2c3ccccc3C(c3ccccc3)(c3ccccc3)c3ccccc32)c2ccccc2C(c2ccccc2)(c2ccccc2)c2ccccc21. The summed E-state index contributed by atoms with van der Waals surface area (Å²) in [6, 6.07) is 78.5. The van der Waals surface area contributed by atoms with Gasteiger partial charge >= 0.3 is 0 Å². The highest BCUT2D eigenvalue weighted by Crippen LogP contribution is 2.63. The molecule has 0 bridgehead atoms. The summed E-state index contributed by atoms with van der Waals surface area (Å²) >= 11 is 0. The van der Waals surface area contributed by atoms with Gasteiger partial charge in [-0.25, -0.2) is 0 Å². The Kier molecular flexibility index (Phi) is 7.22. The lowest BCUT2D eigenvalue weighted by Gasteiger charge is -2.53. The molecule has 0 fully saturated rings. The molecule has 8 aromatic rings. The van der Waals surface area contributed by atoms with E-state index in [0.29, 0.717) is 0 Å². The quantitative estimate of drug-likeness (QED) is 0.192. The Morgan fingerprint density at radius 2 is 0.509 bits per heavy atom. The lowest BCUT2D eigenvalue weighted by Crippen LogP contribution is -2.49. The highest BCUT2D eigenvalue weighted by molar-refractivity contribution is 5.74. The topological polar surface area (TPSA) is 20.2 Å². The van der Waals surface area contributed by atoms with Crippen LogP contribution in [-0.2, 0) is 16.4 Å². The van der Waals surface area contributed by atoms with E-state index in [1.165, 1.54) is 33.4 Å². The van der Waals surface area contributed by atoms with Crippen molar-refractivity contribution >= 4 is 0 Å². The van der Waals surface area contributed by atoms with E-state index < -0.39 is 22.3 Å². The Labute approximate surface area is 311 Å². The number of hydrogen-bond donors (Lipinski definition) is 1. The first kappa shape index (κ1) is 31.5. The van der Waals surface area contributed by atoms with Gasteiger partial charge in [0, 0.05) is 5.92 Å². The molecule has 1 nitrogen and oxygen atoms in total. The van der Waals surface area contributed by atoms with Gasteiger partial charge < -0.3 is 5.11 Å². The average Bonchev–Trinajstić information content (AvgIpc) is 3.24. The van der Waals surface area contributed by atoms with E-state index in [-0.39, 0.29) is 0 Å². The predicted molar refractivity (Wildman–Crippen MR) is 214 cm³/mol. The van der Waals surface area contributed by atoms with Crippen molar-refractivity contribution in [3.8, 4) is 0 Å². The van der Waals surface area contributed by atoms with Gasteiger partial charge in [0.05, 0.1) is 10.8 Å². The highest BCUT2D eigenvalue weighted by atomic mass is 16.3. The van der Waals surface area contributed by atoms with E-state index in [4.69, 9.17) is 0 Å². The summed E-state index contributed by atoms with van der Waals surface area (Å²) in [5, 5.41) is 14.3. The van der Waals surface area contributed by atoms with E-state index >= 15 is 0 Å². The van der Waals surface area contributed by atoms with Crippen molar-refractivity contribution in [2.75, 3.05) is 0 Å². The molecule has 0 amide bonds. The van der Waals surface area contributed by atoms with Crippen LogP contribution in [0.4, 0.5) is 0 Å². The molecule has 0 aliphatic heterocycles. The summed E-state index contributed by atoms with van der Waals surface area (Å²) in [6.45, 7) is 0. The van der Waals surface area contributed by atoms with Gasteiger partial charge in [-0.3, -0.25) is 0 Å². The molecule has 1 N–H and O–H groups in total. The van der Waals surface area contributed by atoms with Gasteiger partial charge in [-0.05, 0) is 66.8 Å². The van der Waals surface area contributed by atoms with Crippen LogP contribution in [0.5, 0.6) is 0 Å². The van der Waals surface area contributed by atoms with Crippen LogP contribution in [0, 0.1) is 0 Å². The lowest BCUT2D eigenvalue weighted by molar-refractivity contribution is 0.0544. The average molecular weight is 679 g/mol. The minimum atomic E-state index is -1.42. The number of rotatable bonds is 5. The molecule has 0 atom stereocenters. The summed E-state index contributed by atoms with van der Waals surface area (Å²) in [6.07, 6.45) is 0. The minimum absolute atomic E-state index is 0.415. The monoisotopic (exact) mass is 678 g/mol. The zero-order valence-electron chi connectivity index (χ0n) is 29.3. The lowest BCUT2D eigenvalue weighted by atomic mass is 9.50. The van der Waals surface area contributed by atoms with Crippen LogP contribution in [0.15, 0.2) is 218 Å². The van der Waals surface area contributed by atoms with Crippen molar-refractivity contribution in [1.82, 2.24) is 0 Å². The Morgan fingerprint density at radius 1 is 0.264 bits per heavy atom. The second-order valence-electron chi connectivity index (χ2n) is 14.4. The molecule has 0 heterocycles. The number of fused-ring (bicyclic) bond motifs is 4. The summed E-state index contributed by atoms with van der Waals surface area (Å²) in [5.41, 5.74) is 10.7. The molecule has 2 aliphatic rings. The fraction of sp³-hybridized carbons (Fsp3) is 0.0769. The third-order valence-electron chi connectivity index (χ3n) is 12.1. The van der Waals surface area contributed by atoms with Gasteiger partial charge in [-0.2, -0.15) is 0 Å². The van der Waals surface area contributed by atoms with E-state index in [1.807, 2.05) is 0 Å². The first-order valence-electron chi connectivity index (χ1n) is 18.5. The number of benzene rings is 8.